The Morgan fingerprint density at radius 1 is 1.26 bits per heavy atom. The van der Waals surface area contributed by atoms with Crippen LogP contribution in [0.1, 0.15) is 10.5 Å². The Morgan fingerprint density at radius 2 is 2.00 bits per heavy atom. The Labute approximate surface area is 128 Å². The maximum atomic E-state index is 12.1. The van der Waals surface area contributed by atoms with Crippen LogP contribution in [0, 0.1) is 3.57 Å². The molecule has 0 saturated heterocycles. The number of benzene rings is 1. The van der Waals surface area contributed by atoms with E-state index < -0.39 is 0 Å². The number of anilines is 2. The molecule has 0 fully saturated rings. The van der Waals surface area contributed by atoms with Crippen molar-refractivity contribution in [3.05, 3.63) is 50.7 Å². The predicted octanol–water partition coefficient (Wildman–Crippen LogP) is 2.88. The van der Waals surface area contributed by atoms with Crippen molar-refractivity contribution in [1.82, 2.24) is 4.98 Å². The van der Waals surface area contributed by atoms with E-state index in [9.17, 15) is 4.79 Å². The summed E-state index contributed by atoms with van der Waals surface area (Å²) >= 11 is 8.10. The second kappa shape index (κ2) is 6.18. The third-order valence-corrected chi connectivity index (χ3v) is 3.58. The molecule has 0 aliphatic rings. The fourth-order valence-corrected chi connectivity index (χ4v) is 2.14. The maximum Gasteiger partial charge on any atom is 0.275 e. The van der Waals surface area contributed by atoms with Crippen molar-refractivity contribution in [2.45, 2.75) is 0 Å². The SMILES string of the molecule is NNc1ccc(Cl)c(C(=O)Nc2ccccc2I)n1. The number of nitrogens with one attached hydrogen (secondary N) is 2. The average molecular weight is 389 g/mol. The van der Waals surface area contributed by atoms with Crippen LogP contribution in [0.3, 0.4) is 0 Å². The molecule has 7 heteroatoms. The van der Waals surface area contributed by atoms with Crippen LogP contribution >= 0.6 is 34.2 Å². The van der Waals surface area contributed by atoms with Crippen LogP contribution in [0.2, 0.25) is 5.02 Å². The van der Waals surface area contributed by atoms with Gasteiger partial charge in [0.1, 0.15) is 11.5 Å². The zero-order valence-corrected chi connectivity index (χ0v) is 12.6. The lowest BCUT2D eigenvalue weighted by Crippen LogP contribution is -2.17. The number of aromatic nitrogens is 1. The molecule has 0 aliphatic heterocycles. The molecule has 0 bridgehead atoms. The van der Waals surface area contributed by atoms with E-state index in [-0.39, 0.29) is 16.6 Å². The lowest BCUT2D eigenvalue weighted by atomic mass is 10.3. The molecular formula is C12H10ClIN4O. The van der Waals surface area contributed by atoms with Gasteiger partial charge in [0.15, 0.2) is 0 Å². The van der Waals surface area contributed by atoms with E-state index in [4.69, 9.17) is 17.4 Å². The Kier molecular flexibility index (Phi) is 4.56. The summed E-state index contributed by atoms with van der Waals surface area (Å²) in [7, 11) is 0. The van der Waals surface area contributed by atoms with Crippen molar-refractivity contribution in [2.75, 3.05) is 10.7 Å². The fourth-order valence-electron chi connectivity index (χ4n) is 1.43. The van der Waals surface area contributed by atoms with Crippen molar-refractivity contribution in [3.8, 4) is 0 Å². The Balaban J connectivity index is 2.28. The zero-order valence-electron chi connectivity index (χ0n) is 9.65. The lowest BCUT2D eigenvalue weighted by Gasteiger charge is -2.09. The van der Waals surface area contributed by atoms with E-state index in [1.54, 1.807) is 18.2 Å². The zero-order chi connectivity index (χ0) is 13.8. The predicted molar refractivity (Wildman–Crippen MR) is 84.2 cm³/mol. The topological polar surface area (TPSA) is 80.0 Å². The van der Waals surface area contributed by atoms with E-state index in [1.165, 1.54) is 0 Å². The number of nitrogens with two attached hydrogens (primary N) is 1. The summed E-state index contributed by atoms with van der Waals surface area (Å²) in [5.41, 5.74) is 3.20. The van der Waals surface area contributed by atoms with Gasteiger partial charge >= 0.3 is 0 Å². The molecule has 0 saturated carbocycles. The van der Waals surface area contributed by atoms with Crippen molar-refractivity contribution < 1.29 is 4.79 Å². The van der Waals surface area contributed by atoms with Gasteiger partial charge in [0.05, 0.1) is 10.7 Å². The smallest absolute Gasteiger partial charge is 0.275 e. The second-order valence-electron chi connectivity index (χ2n) is 3.61. The number of nitrogen functional groups attached to an aromatic ring is 1. The van der Waals surface area contributed by atoms with E-state index in [2.05, 4.69) is 38.3 Å². The normalized spacial score (nSPS) is 10.1. The number of amides is 1. The molecule has 19 heavy (non-hydrogen) atoms. The molecule has 2 aromatic rings. The van der Waals surface area contributed by atoms with E-state index in [0.29, 0.717) is 11.5 Å². The molecule has 0 unspecified atom stereocenters. The highest BCUT2D eigenvalue weighted by Gasteiger charge is 2.14. The summed E-state index contributed by atoms with van der Waals surface area (Å²) in [5, 5.41) is 3.02. The maximum absolute atomic E-state index is 12.1. The van der Waals surface area contributed by atoms with Crippen molar-refractivity contribution in [1.29, 1.82) is 0 Å². The molecule has 0 atom stereocenters. The second-order valence-corrected chi connectivity index (χ2v) is 5.17. The standard InChI is InChI=1S/C12H10ClIN4O/c13-7-5-6-10(18-15)17-11(7)12(19)16-9-4-2-1-3-8(9)14/h1-6H,15H2,(H,16,19)(H,17,18). The lowest BCUT2D eigenvalue weighted by molar-refractivity contribution is 0.102. The highest BCUT2D eigenvalue weighted by molar-refractivity contribution is 14.1. The van der Waals surface area contributed by atoms with Gasteiger partial charge in [-0.15, -0.1) is 0 Å². The van der Waals surface area contributed by atoms with Crippen molar-refractivity contribution >= 4 is 51.6 Å². The van der Waals surface area contributed by atoms with Crippen LogP contribution in [0.4, 0.5) is 11.5 Å². The number of pyridine rings is 1. The van der Waals surface area contributed by atoms with Gasteiger partial charge in [0.2, 0.25) is 0 Å². The number of rotatable bonds is 3. The summed E-state index contributed by atoms with van der Waals surface area (Å²) < 4.78 is 0.928. The molecule has 0 spiro atoms. The number of hydrazine groups is 1. The quantitative estimate of drug-likeness (QED) is 0.429. The van der Waals surface area contributed by atoms with Gasteiger partial charge < -0.3 is 10.7 Å². The molecule has 0 radical (unpaired) electrons. The Hall–Kier alpha value is -1.38. The molecule has 0 aliphatic carbocycles. The van der Waals surface area contributed by atoms with E-state index >= 15 is 0 Å². The van der Waals surface area contributed by atoms with Crippen molar-refractivity contribution in [3.63, 3.8) is 0 Å². The highest BCUT2D eigenvalue weighted by Crippen LogP contribution is 2.21. The number of hydrogen-bond donors (Lipinski definition) is 3. The third-order valence-electron chi connectivity index (χ3n) is 2.33. The van der Waals surface area contributed by atoms with Gasteiger partial charge in [0, 0.05) is 3.57 Å². The number of carbonyl (C=O) groups excluding carboxylic acids is 1. The third kappa shape index (κ3) is 3.34. The Morgan fingerprint density at radius 3 is 2.68 bits per heavy atom. The molecular weight excluding hydrogens is 379 g/mol. The summed E-state index contributed by atoms with van der Waals surface area (Å²) in [6.45, 7) is 0. The molecule has 1 amide bonds. The number of nitrogens with zero attached hydrogens (tertiary/aromatic N) is 1. The van der Waals surface area contributed by atoms with Gasteiger partial charge in [-0.25, -0.2) is 10.8 Å². The van der Waals surface area contributed by atoms with E-state index in [0.717, 1.165) is 3.57 Å². The highest BCUT2D eigenvalue weighted by atomic mass is 127. The van der Waals surface area contributed by atoms with Gasteiger partial charge in [-0.3, -0.25) is 4.79 Å². The minimum atomic E-state index is -0.383. The number of hydrogen-bond acceptors (Lipinski definition) is 4. The minimum absolute atomic E-state index is 0.122. The van der Waals surface area contributed by atoms with Gasteiger partial charge in [0.25, 0.3) is 5.91 Å². The largest absolute Gasteiger partial charge is 0.320 e. The minimum Gasteiger partial charge on any atom is -0.320 e. The van der Waals surface area contributed by atoms with Crippen LogP contribution in [-0.4, -0.2) is 10.9 Å². The van der Waals surface area contributed by atoms with Crippen molar-refractivity contribution in [2.24, 2.45) is 5.84 Å². The molecule has 1 heterocycles. The number of carbonyl (C=O) groups is 1. The summed E-state index contributed by atoms with van der Waals surface area (Å²) in [5.74, 6) is 5.25. The first kappa shape index (κ1) is 14.0. The first-order valence-corrected chi connectivity index (χ1v) is 6.76. The van der Waals surface area contributed by atoms with Gasteiger partial charge in [-0.1, -0.05) is 23.7 Å². The molecule has 2 rings (SSSR count). The molecule has 1 aromatic heterocycles. The fraction of sp³-hybridized carbons (Fsp3) is 0. The van der Waals surface area contributed by atoms with Crippen LogP contribution in [0.15, 0.2) is 36.4 Å². The number of halogens is 2. The molecule has 1 aromatic carbocycles. The first-order chi connectivity index (χ1) is 9.11. The van der Waals surface area contributed by atoms with Crippen LogP contribution in [0.5, 0.6) is 0 Å². The van der Waals surface area contributed by atoms with Crippen LogP contribution in [0.25, 0.3) is 0 Å². The van der Waals surface area contributed by atoms with E-state index in [1.807, 2.05) is 18.2 Å². The molecule has 98 valence electrons. The molecule has 5 nitrogen and oxygen atoms in total. The monoisotopic (exact) mass is 388 g/mol. The van der Waals surface area contributed by atoms with Gasteiger partial charge in [-0.2, -0.15) is 0 Å². The first-order valence-electron chi connectivity index (χ1n) is 5.31. The van der Waals surface area contributed by atoms with Crippen LogP contribution < -0.4 is 16.6 Å². The summed E-state index contributed by atoms with van der Waals surface area (Å²) in [6, 6.07) is 10.6. The average Bonchev–Trinajstić information content (AvgIpc) is 2.42. The molecule has 4 N–H and O–H groups in total. The van der Waals surface area contributed by atoms with Crippen LogP contribution in [-0.2, 0) is 0 Å². The summed E-state index contributed by atoms with van der Waals surface area (Å²) in [6.07, 6.45) is 0. The number of para-hydroxylation sites is 1. The Bertz CT molecular complexity index is 620. The van der Waals surface area contributed by atoms with Gasteiger partial charge in [-0.05, 0) is 46.9 Å². The summed E-state index contributed by atoms with van der Waals surface area (Å²) in [4.78, 5) is 16.2.